The fraction of sp³-hybridized carbons (Fsp3) is 0.125. The third-order valence-electron chi connectivity index (χ3n) is 6.52. The van der Waals surface area contributed by atoms with Crippen molar-refractivity contribution >= 4 is 17.4 Å². The van der Waals surface area contributed by atoms with Gasteiger partial charge in [0, 0.05) is 12.1 Å². The Balaban J connectivity index is 1.52. The van der Waals surface area contributed by atoms with Crippen molar-refractivity contribution < 1.29 is 24.2 Å². The number of amides is 1. The lowest BCUT2D eigenvalue weighted by Gasteiger charge is -2.25. The lowest BCUT2D eigenvalue weighted by Crippen LogP contribution is -2.29. The van der Waals surface area contributed by atoms with Crippen LogP contribution in [0.5, 0.6) is 11.5 Å². The lowest BCUT2D eigenvalue weighted by molar-refractivity contribution is -0.140. The van der Waals surface area contributed by atoms with Gasteiger partial charge in [-0.15, -0.1) is 0 Å². The van der Waals surface area contributed by atoms with Crippen LogP contribution in [0.2, 0.25) is 0 Å². The number of likely N-dealkylation sites (tertiary alicyclic amines) is 1. The fourth-order valence-electron chi connectivity index (χ4n) is 4.58. The molecule has 190 valence electrons. The Morgan fingerprint density at radius 2 is 1.45 bits per heavy atom. The maximum absolute atomic E-state index is 13.3. The number of Topliss-reactive ketones (excluding diaryl/α,β-unsaturated/α-hetero) is 1. The fourth-order valence-corrected chi connectivity index (χ4v) is 4.58. The number of benzene rings is 4. The van der Waals surface area contributed by atoms with Crippen molar-refractivity contribution in [3.05, 3.63) is 137 Å². The summed E-state index contributed by atoms with van der Waals surface area (Å²) in [7, 11) is 1.53. The number of carbonyl (C=O) groups is 2. The maximum atomic E-state index is 13.3. The molecule has 1 fully saturated rings. The second-order valence-corrected chi connectivity index (χ2v) is 8.99. The zero-order valence-corrected chi connectivity index (χ0v) is 20.9. The van der Waals surface area contributed by atoms with Crippen molar-refractivity contribution in [2.45, 2.75) is 19.2 Å². The van der Waals surface area contributed by atoms with Gasteiger partial charge in [-0.2, -0.15) is 0 Å². The molecule has 0 bridgehead atoms. The molecule has 0 aromatic heterocycles. The van der Waals surface area contributed by atoms with Gasteiger partial charge < -0.3 is 19.5 Å². The number of ether oxygens (including phenoxy) is 2. The van der Waals surface area contributed by atoms with Crippen LogP contribution in [0.1, 0.15) is 28.3 Å². The molecule has 1 atom stereocenters. The van der Waals surface area contributed by atoms with Crippen molar-refractivity contribution in [3.63, 3.8) is 0 Å². The Morgan fingerprint density at radius 3 is 2.11 bits per heavy atom. The standard InChI is InChI=1S/C32H27NO5/c1-37-27-14-8-13-25(19-27)30(34)28-29(33(32(36)31(28)35)20-22-9-4-2-5-10-22)24-15-17-26(18-16-24)38-21-23-11-6-3-7-12-23/h2-19,29,34H,20-21H2,1H3. The first-order chi connectivity index (χ1) is 18.5. The van der Waals surface area contributed by atoms with Crippen LogP contribution in [0.15, 0.2) is 115 Å². The van der Waals surface area contributed by atoms with Gasteiger partial charge in [-0.25, -0.2) is 0 Å². The van der Waals surface area contributed by atoms with E-state index in [-0.39, 0.29) is 17.9 Å². The average molecular weight is 506 g/mol. The average Bonchev–Trinajstić information content (AvgIpc) is 3.22. The third-order valence-corrected chi connectivity index (χ3v) is 6.52. The van der Waals surface area contributed by atoms with Gasteiger partial charge in [0.1, 0.15) is 23.9 Å². The van der Waals surface area contributed by atoms with Gasteiger partial charge >= 0.3 is 0 Å². The minimum Gasteiger partial charge on any atom is -0.507 e. The first-order valence-electron chi connectivity index (χ1n) is 12.3. The zero-order valence-electron chi connectivity index (χ0n) is 20.9. The summed E-state index contributed by atoms with van der Waals surface area (Å²) in [5.74, 6) is -0.440. The van der Waals surface area contributed by atoms with E-state index in [0.29, 0.717) is 29.2 Å². The van der Waals surface area contributed by atoms with Crippen LogP contribution in [-0.4, -0.2) is 28.8 Å². The summed E-state index contributed by atoms with van der Waals surface area (Å²) < 4.78 is 11.2. The smallest absolute Gasteiger partial charge is 0.295 e. The number of methoxy groups -OCH3 is 1. The molecule has 0 saturated carbocycles. The molecular weight excluding hydrogens is 478 g/mol. The molecule has 38 heavy (non-hydrogen) atoms. The Kier molecular flexibility index (Phi) is 7.22. The van der Waals surface area contributed by atoms with Gasteiger partial charge in [0.15, 0.2) is 0 Å². The van der Waals surface area contributed by atoms with Crippen LogP contribution in [-0.2, 0) is 22.7 Å². The highest BCUT2D eigenvalue weighted by molar-refractivity contribution is 6.46. The van der Waals surface area contributed by atoms with E-state index in [1.165, 1.54) is 12.0 Å². The third kappa shape index (κ3) is 5.15. The van der Waals surface area contributed by atoms with Crippen molar-refractivity contribution in [2.75, 3.05) is 7.11 Å². The number of aliphatic hydroxyl groups is 1. The Bertz CT molecular complexity index is 1460. The molecule has 5 rings (SSSR count). The SMILES string of the molecule is COc1cccc(C(O)=C2C(=O)C(=O)N(Cc3ccccc3)C2c2ccc(OCc3ccccc3)cc2)c1. The largest absolute Gasteiger partial charge is 0.507 e. The summed E-state index contributed by atoms with van der Waals surface area (Å²) in [5, 5.41) is 11.3. The van der Waals surface area contributed by atoms with Crippen LogP contribution >= 0.6 is 0 Å². The number of hydrogen-bond donors (Lipinski definition) is 1. The van der Waals surface area contributed by atoms with E-state index >= 15 is 0 Å². The molecule has 1 amide bonds. The summed E-state index contributed by atoms with van der Waals surface area (Å²) in [5.41, 5.74) is 3.05. The van der Waals surface area contributed by atoms with Crippen LogP contribution in [0.25, 0.3) is 5.76 Å². The van der Waals surface area contributed by atoms with E-state index in [9.17, 15) is 14.7 Å². The summed E-state index contributed by atoms with van der Waals surface area (Å²) in [6.07, 6.45) is 0. The van der Waals surface area contributed by atoms with Crippen molar-refractivity contribution in [1.29, 1.82) is 0 Å². The van der Waals surface area contributed by atoms with Crippen molar-refractivity contribution in [2.24, 2.45) is 0 Å². The van der Waals surface area contributed by atoms with Gasteiger partial charge in [0.2, 0.25) is 0 Å². The minimum absolute atomic E-state index is 0.0390. The Labute approximate surface area is 221 Å². The second kappa shape index (κ2) is 11.0. The highest BCUT2D eigenvalue weighted by atomic mass is 16.5. The lowest BCUT2D eigenvalue weighted by atomic mass is 9.95. The topological polar surface area (TPSA) is 76.1 Å². The molecule has 0 aliphatic carbocycles. The molecule has 4 aromatic rings. The number of nitrogens with zero attached hydrogens (tertiary/aromatic N) is 1. The minimum atomic E-state index is -0.774. The van der Waals surface area contributed by atoms with Gasteiger partial charge in [-0.05, 0) is 41.0 Å². The molecule has 1 N–H and O–H groups in total. The quantitative estimate of drug-likeness (QED) is 0.183. The van der Waals surface area contributed by atoms with Crippen LogP contribution in [0.3, 0.4) is 0 Å². The highest BCUT2D eigenvalue weighted by Gasteiger charge is 2.46. The monoisotopic (exact) mass is 505 g/mol. The molecule has 1 heterocycles. The molecule has 0 spiro atoms. The first-order valence-corrected chi connectivity index (χ1v) is 12.3. The molecule has 1 aliphatic heterocycles. The van der Waals surface area contributed by atoms with E-state index < -0.39 is 17.7 Å². The van der Waals surface area contributed by atoms with Crippen LogP contribution in [0.4, 0.5) is 0 Å². The van der Waals surface area contributed by atoms with Crippen LogP contribution in [0, 0.1) is 0 Å². The van der Waals surface area contributed by atoms with Crippen molar-refractivity contribution in [3.8, 4) is 11.5 Å². The molecule has 4 aromatic carbocycles. The molecular formula is C32H27NO5. The summed E-state index contributed by atoms with van der Waals surface area (Å²) in [4.78, 5) is 28.1. The predicted octanol–water partition coefficient (Wildman–Crippen LogP) is 5.90. The molecule has 1 saturated heterocycles. The number of carbonyl (C=O) groups excluding carboxylic acids is 2. The number of rotatable bonds is 8. The second-order valence-electron chi connectivity index (χ2n) is 8.99. The van der Waals surface area contributed by atoms with E-state index in [1.54, 1.807) is 24.3 Å². The molecule has 6 heteroatoms. The summed E-state index contributed by atoms with van der Waals surface area (Å²) >= 11 is 0. The van der Waals surface area contributed by atoms with Crippen LogP contribution < -0.4 is 9.47 Å². The van der Waals surface area contributed by atoms with E-state index in [4.69, 9.17) is 9.47 Å². The molecule has 1 aliphatic rings. The zero-order chi connectivity index (χ0) is 26.5. The number of ketones is 1. The molecule has 1 unspecified atom stereocenters. The Hall–Kier alpha value is -4.84. The van der Waals surface area contributed by atoms with Gasteiger partial charge in [-0.3, -0.25) is 9.59 Å². The van der Waals surface area contributed by atoms with Gasteiger partial charge in [-0.1, -0.05) is 84.9 Å². The Morgan fingerprint density at radius 1 is 0.789 bits per heavy atom. The predicted molar refractivity (Wildman–Crippen MR) is 144 cm³/mol. The van der Waals surface area contributed by atoms with Gasteiger partial charge in [0.05, 0.1) is 18.7 Å². The molecule has 0 radical (unpaired) electrons. The highest BCUT2D eigenvalue weighted by Crippen LogP contribution is 2.41. The normalized spacial score (nSPS) is 16.4. The summed E-state index contributed by atoms with van der Waals surface area (Å²) in [6.45, 7) is 0.639. The number of hydrogen-bond acceptors (Lipinski definition) is 5. The maximum Gasteiger partial charge on any atom is 0.295 e. The van der Waals surface area contributed by atoms with E-state index in [1.807, 2.05) is 84.9 Å². The van der Waals surface area contributed by atoms with E-state index in [2.05, 4.69) is 0 Å². The summed E-state index contributed by atoms with van der Waals surface area (Å²) in [6, 6.07) is 32.6. The van der Waals surface area contributed by atoms with Crippen molar-refractivity contribution in [1.82, 2.24) is 4.90 Å². The van der Waals surface area contributed by atoms with E-state index in [0.717, 1.165) is 11.1 Å². The van der Waals surface area contributed by atoms with Gasteiger partial charge in [0.25, 0.3) is 11.7 Å². The number of aliphatic hydroxyl groups excluding tert-OH is 1. The first kappa shape index (κ1) is 24.8. The molecule has 6 nitrogen and oxygen atoms in total.